The molecule has 0 aliphatic rings. The van der Waals surface area contributed by atoms with E-state index in [1.54, 1.807) is 0 Å². The van der Waals surface area contributed by atoms with Crippen LogP contribution in [0.3, 0.4) is 0 Å². The molecule has 0 aliphatic carbocycles. The number of rotatable bonds is 4. The molecule has 0 atom stereocenters. The number of aromatic nitrogens is 1. The van der Waals surface area contributed by atoms with E-state index >= 15 is 0 Å². The summed E-state index contributed by atoms with van der Waals surface area (Å²) < 4.78 is 19.5. The van der Waals surface area contributed by atoms with Crippen LogP contribution in [0.1, 0.15) is 0 Å². The Morgan fingerprint density at radius 1 is 0.400 bits per heavy atom. The van der Waals surface area contributed by atoms with Crippen molar-refractivity contribution in [2.24, 2.45) is 0 Å². The minimum Gasteiger partial charge on any atom is -0.456 e. The van der Waals surface area contributed by atoms with Gasteiger partial charge in [-0.15, -0.1) is 0 Å². The molecule has 0 aliphatic heterocycles. The van der Waals surface area contributed by atoms with Crippen LogP contribution in [0.15, 0.2) is 171 Å². The van der Waals surface area contributed by atoms with Gasteiger partial charge in [-0.05, 0) is 94.3 Å². The van der Waals surface area contributed by atoms with Crippen molar-refractivity contribution in [3.63, 3.8) is 0 Å². The van der Waals surface area contributed by atoms with Crippen LogP contribution in [0.5, 0.6) is 0 Å². The molecule has 50 heavy (non-hydrogen) atoms. The van der Waals surface area contributed by atoms with Gasteiger partial charge in [-0.1, -0.05) is 78.9 Å². The van der Waals surface area contributed by atoms with E-state index in [2.05, 4.69) is 126 Å². The zero-order valence-corrected chi connectivity index (χ0v) is 26.6. The Morgan fingerprint density at radius 2 is 1.04 bits per heavy atom. The Hall–Kier alpha value is -6.85. The van der Waals surface area contributed by atoms with Crippen LogP contribution >= 0.6 is 0 Å². The second-order valence-corrected chi connectivity index (χ2v) is 12.8. The number of para-hydroxylation sites is 1. The van der Waals surface area contributed by atoms with Crippen molar-refractivity contribution < 1.29 is 13.3 Å². The monoisotopic (exact) mass is 642 g/mol. The summed E-state index contributed by atoms with van der Waals surface area (Å²) >= 11 is 0. The fraction of sp³-hybridized carbons (Fsp3) is 0. The van der Waals surface area contributed by atoms with Crippen LogP contribution in [-0.4, -0.2) is 4.98 Å². The largest absolute Gasteiger partial charge is 0.456 e. The summed E-state index contributed by atoms with van der Waals surface area (Å²) in [7, 11) is 0. The highest BCUT2D eigenvalue weighted by Gasteiger charge is 2.22. The minimum absolute atomic E-state index is 0.574. The van der Waals surface area contributed by atoms with Crippen molar-refractivity contribution in [3.8, 4) is 11.5 Å². The lowest BCUT2D eigenvalue weighted by molar-refractivity contribution is 0.620. The smallest absolute Gasteiger partial charge is 0.228 e. The fourth-order valence-corrected chi connectivity index (χ4v) is 7.54. The SMILES string of the molecule is c1ccc(N(c2ccc3c(c2)oc2cccc(-c4nc5cc6ccccc6cc5o4)c23)c2cccc3oc4cc5ccccc5cc4c23)cc1. The molecule has 0 bridgehead atoms. The zero-order valence-electron chi connectivity index (χ0n) is 26.6. The van der Waals surface area contributed by atoms with Crippen LogP contribution in [0, 0.1) is 0 Å². The molecule has 3 heterocycles. The average molecular weight is 643 g/mol. The maximum atomic E-state index is 6.59. The Kier molecular flexibility index (Phi) is 5.60. The molecule has 0 unspecified atom stereocenters. The third-order valence-electron chi connectivity index (χ3n) is 9.82. The van der Waals surface area contributed by atoms with Crippen molar-refractivity contribution in [1.82, 2.24) is 4.98 Å². The van der Waals surface area contributed by atoms with Crippen molar-refractivity contribution in [2.45, 2.75) is 0 Å². The third-order valence-corrected chi connectivity index (χ3v) is 9.82. The van der Waals surface area contributed by atoms with E-state index in [0.717, 1.165) is 93.8 Å². The predicted molar refractivity (Wildman–Crippen MR) is 204 cm³/mol. The zero-order chi connectivity index (χ0) is 32.8. The molecule has 0 spiro atoms. The predicted octanol–water partition coefficient (Wildman–Crippen LogP) is 13.1. The highest BCUT2D eigenvalue weighted by molar-refractivity contribution is 6.17. The van der Waals surface area contributed by atoms with Crippen molar-refractivity contribution in [2.75, 3.05) is 4.90 Å². The molecule has 0 radical (unpaired) electrons. The summed E-state index contributed by atoms with van der Waals surface area (Å²) in [5, 5.41) is 8.71. The molecule has 0 saturated heterocycles. The molecule has 5 heteroatoms. The Morgan fingerprint density at radius 3 is 1.82 bits per heavy atom. The Labute approximate surface area is 285 Å². The molecule has 5 nitrogen and oxygen atoms in total. The molecule has 0 N–H and O–H groups in total. The van der Waals surface area contributed by atoms with E-state index in [0.29, 0.717) is 5.89 Å². The number of fused-ring (bicyclic) bond motifs is 9. The highest BCUT2D eigenvalue weighted by atomic mass is 16.4. The van der Waals surface area contributed by atoms with Gasteiger partial charge >= 0.3 is 0 Å². The summed E-state index contributed by atoms with van der Waals surface area (Å²) in [5.74, 6) is 0.574. The van der Waals surface area contributed by atoms with Crippen molar-refractivity contribution >= 4 is 93.6 Å². The number of hydrogen-bond acceptors (Lipinski definition) is 5. The van der Waals surface area contributed by atoms with Gasteiger partial charge < -0.3 is 18.2 Å². The van der Waals surface area contributed by atoms with Crippen LogP contribution in [-0.2, 0) is 0 Å². The number of oxazole rings is 1. The van der Waals surface area contributed by atoms with Crippen LogP contribution in [0.25, 0.3) is 88.0 Å². The molecule has 0 amide bonds. The molecule has 11 aromatic rings. The minimum atomic E-state index is 0.574. The summed E-state index contributed by atoms with van der Waals surface area (Å²) in [6.07, 6.45) is 0. The van der Waals surface area contributed by atoms with E-state index in [1.165, 1.54) is 5.39 Å². The molecule has 11 rings (SSSR count). The second-order valence-electron chi connectivity index (χ2n) is 12.8. The Balaban J connectivity index is 1.11. The van der Waals surface area contributed by atoms with Gasteiger partial charge in [0, 0.05) is 39.2 Å². The first-order valence-electron chi connectivity index (χ1n) is 16.7. The second kappa shape index (κ2) is 10.3. The molecular weight excluding hydrogens is 617 g/mol. The number of benzene rings is 8. The summed E-state index contributed by atoms with van der Waals surface area (Å²) in [6, 6.07) is 54.4. The quantitative estimate of drug-likeness (QED) is 0.191. The summed E-state index contributed by atoms with van der Waals surface area (Å²) in [4.78, 5) is 7.22. The van der Waals surface area contributed by atoms with Crippen LogP contribution < -0.4 is 4.90 Å². The molecule has 0 saturated carbocycles. The van der Waals surface area contributed by atoms with Crippen LogP contribution in [0.4, 0.5) is 17.1 Å². The van der Waals surface area contributed by atoms with E-state index in [1.807, 2.05) is 36.4 Å². The lowest BCUT2D eigenvalue weighted by Gasteiger charge is -2.26. The highest BCUT2D eigenvalue weighted by Crippen LogP contribution is 2.45. The number of hydrogen-bond donors (Lipinski definition) is 0. The summed E-state index contributed by atoms with van der Waals surface area (Å²) in [6.45, 7) is 0. The van der Waals surface area contributed by atoms with E-state index < -0.39 is 0 Å². The fourth-order valence-electron chi connectivity index (χ4n) is 7.54. The first-order chi connectivity index (χ1) is 24.7. The maximum Gasteiger partial charge on any atom is 0.228 e. The number of anilines is 3. The van der Waals surface area contributed by atoms with Gasteiger partial charge in [0.05, 0.1) is 11.1 Å². The van der Waals surface area contributed by atoms with Gasteiger partial charge in [0.15, 0.2) is 5.58 Å². The standard InChI is InChI=1S/C45H26N2O3/c1-2-14-31(15-3-1)47(37-17-9-19-39-44(37)35-22-27-10-4-6-12-29(27)24-40(35)49-39)32-20-21-33-41(26-32)48-38-18-8-16-34(43(33)38)45-46-36-23-28-11-5-7-13-30(28)25-42(36)50-45/h1-26H. The number of nitrogens with zero attached hydrogens (tertiary/aromatic N) is 2. The van der Waals surface area contributed by atoms with Crippen LogP contribution in [0.2, 0.25) is 0 Å². The molecule has 3 aromatic heterocycles. The average Bonchev–Trinajstić information content (AvgIpc) is 3.86. The van der Waals surface area contributed by atoms with Gasteiger partial charge in [-0.2, -0.15) is 0 Å². The molecular formula is C45H26N2O3. The normalized spacial score (nSPS) is 12.0. The lowest BCUT2D eigenvalue weighted by Crippen LogP contribution is -2.10. The van der Waals surface area contributed by atoms with Crippen molar-refractivity contribution in [3.05, 3.63) is 158 Å². The van der Waals surface area contributed by atoms with Gasteiger partial charge in [0.2, 0.25) is 5.89 Å². The van der Waals surface area contributed by atoms with E-state index in [-0.39, 0.29) is 0 Å². The maximum absolute atomic E-state index is 6.59. The number of furan rings is 2. The molecule has 8 aromatic carbocycles. The lowest BCUT2D eigenvalue weighted by atomic mass is 10.0. The van der Waals surface area contributed by atoms with E-state index in [9.17, 15) is 0 Å². The topological polar surface area (TPSA) is 55.6 Å². The first kappa shape index (κ1) is 27.1. The molecule has 0 fully saturated rings. The molecule has 234 valence electrons. The Bertz CT molecular complexity index is 3060. The van der Waals surface area contributed by atoms with Gasteiger partial charge in [-0.3, -0.25) is 0 Å². The van der Waals surface area contributed by atoms with Gasteiger partial charge in [-0.25, -0.2) is 4.98 Å². The van der Waals surface area contributed by atoms with Gasteiger partial charge in [0.1, 0.15) is 27.8 Å². The van der Waals surface area contributed by atoms with Gasteiger partial charge in [0.25, 0.3) is 0 Å². The first-order valence-corrected chi connectivity index (χ1v) is 16.7. The third kappa shape index (κ3) is 4.04. The van der Waals surface area contributed by atoms with Crippen molar-refractivity contribution in [1.29, 1.82) is 0 Å². The summed E-state index contributed by atoms with van der Waals surface area (Å²) in [5.41, 5.74) is 8.79. The van der Waals surface area contributed by atoms with E-state index in [4.69, 9.17) is 18.2 Å².